The van der Waals surface area contributed by atoms with E-state index in [4.69, 9.17) is 11.2 Å². The quantitative estimate of drug-likeness (QED) is 0.592. The van der Waals surface area contributed by atoms with Crippen LogP contribution in [0.3, 0.4) is 0 Å². The number of carbonyl (C=O) groups is 2. The summed E-state index contributed by atoms with van der Waals surface area (Å²) in [6, 6.07) is 5.66. The first-order valence-electron chi connectivity index (χ1n) is 8.28. The summed E-state index contributed by atoms with van der Waals surface area (Å²) in [5, 5.41) is 0. The molecule has 1 amide bonds. The van der Waals surface area contributed by atoms with Crippen molar-refractivity contribution >= 4 is 21.9 Å². The van der Waals surface area contributed by atoms with Gasteiger partial charge in [0.1, 0.15) is 5.54 Å². The third kappa shape index (κ3) is 3.89. The molecule has 1 aliphatic heterocycles. The predicted molar refractivity (Wildman–Crippen MR) is 95.8 cm³/mol. The molecule has 140 valence electrons. The van der Waals surface area contributed by atoms with Crippen molar-refractivity contribution in [1.82, 2.24) is 9.62 Å². The number of carbonyl (C=O) groups excluding carboxylic acids is 2. The van der Waals surface area contributed by atoms with Gasteiger partial charge in [-0.2, -0.15) is 4.72 Å². The fourth-order valence-electron chi connectivity index (χ4n) is 2.96. The maximum atomic E-state index is 12.9. The smallest absolute Gasteiger partial charge is 0.331 e. The Labute approximate surface area is 153 Å². The van der Waals surface area contributed by atoms with Crippen LogP contribution in [0.15, 0.2) is 29.2 Å². The number of hydrogen-bond acceptors (Lipinski definition) is 5. The lowest BCUT2D eigenvalue weighted by Crippen LogP contribution is -2.51. The molecule has 1 saturated heterocycles. The minimum absolute atomic E-state index is 0.0596. The number of benzene rings is 1. The summed E-state index contributed by atoms with van der Waals surface area (Å²) in [6.07, 6.45) is 6.24. The van der Waals surface area contributed by atoms with E-state index in [2.05, 4.69) is 10.6 Å². The van der Waals surface area contributed by atoms with Crippen molar-refractivity contribution in [2.24, 2.45) is 0 Å². The van der Waals surface area contributed by atoms with Crippen molar-refractivity contribution in [1.29, 1.82) is 0 Å². The molecule has 7 nitrogen and oxygen atoms in total. The van der Waals surface area contributed by atoms with Crippen molar-refractivity contribution in [3.63, 3.8) is 0 Å². The van der Waals surface area contributed by atoms with Crippen LogP contribution in [0, 0.1) is 12.3 Å². The van der Waals surface area contributed by atoms with Crippen molar-refractivity contribution in [3.05, 3.63) is 29.8 Å². The molecular weight excluding hydrogens is 356 g/mol. The Morgan fingerprint density at radius 3 is 2.81 bits per heavy atom. The van der Waals surface area contributed by atoms with Gasteiger partial charge in [-0.05, 0) is 44.9 Å². The minimum atomic E-state index is -3.81. The Kier molecular flexibility index (Phi) is 6.05. The number of esters is 1. The molecule has 0 spiro atoms. The number of amides is 1. The van der Waals surface area contributed by atoms with Gasteiger partial charge in [-0.25, -0.2) is 13.2 Å². The third-order valence-corrected chi connectivity index (χ3v) is 5.76. The topological polar surface area (TPSA) is 92.8 Å². The summed E-state index contributed by atoms with van der Waals surface area (Å²) >= 11 is 0. The van der Waals surface area contributed by atoms with E-state index in [9.17, 15) is 18.0 Å². The van der Waals surface area contributed by atoms with Crippen LogP contribution >= 0.6 is 0 Å². The largest absolute Gasteiger partial charge is 0.464 e. The van der Waals surface area contributed by atoms with E-state index in [-0.39, 0.29) is 23.6 Å². The van der Waals surface area contributed by atoms with Crippen LogP contribution in [-0.4, -0.2) is 50.4 Å². The summed E-state index contributed by atoms with van der Waals surface area (Å²) in [4.78, 5) is 26.6. The number of ether oxygens (including phenoxy) is 1. The molecule has 1 aromatic carbocycles. The maximum Gasteiger partial charge on any atom is 0.331 e. The Balaban J connectivity index is 2.31. The average Bonchev–Trinajstić information content (AvgIpc) is 3.03. The van der Waals surface area contributed by atoms with Crippen LogP contribution in [-0.2, 0) is 19.6 Å². The van der Waals surface area contributed by atoms with Gasteiger partial charge in [0, 0.05) is 12.1 Å². The van der Waals surface area contributed by atoms with Crippen LogP contribution in [0.25, 0.3) is 0 Å². The average molecular weight is 378 g/mol. The summed E-state index contributed by atoms with van der Waals surface area (Å²) in [5.41, 5.74) is -0.866. The van der Waals surface area contributed by atoms with Crippen LogP contribution < -0.4 is 4.72 Å². The van der Waals surface area contributed by atoms with Crippen LogP contribution in [0.2, 0.25) is 0 Å². The standard InChI is InChI=1S/C18H22N2O5S/c1-4-11-19-26(23,24)15-9-6-8-14(13-15)16(21)20-12-7-10-18(20,3)17(22)25-5-2/h1,6,8-9,13,19H,5,7,10-12H2,2-3H3. The zero-order chi connectivity index (χ0) is 19.4. The van der Waals surface area contributed by atoms with Crippen LogP contribution in [0.4, 0.5) is 0 Å². The first-order valence-corrected chi connectivity index (χ1v) is 9.77. The minimum Gasteiger partial charge on any atom is -0.464 e. The maximum absolute atomic E-state index is 12.9. The molecule has 0 bridgehead atoms. The highest BCUT2D eigenvalue weighted by Gasteiger charge is 2.47. The Morgan fingerprint density at radius 1 is 1.42 bits per heavy atom. The molecule has 26 heavy (non-hydrogen) atoms. The van der Waals surface area contributed by atoms with Crippen molar-refractivity contribution < 1.29 is 22.7 Å². The highest BCUT2D eigenvalue weighted by atomic mass is 32.2. The lowest BCUT2D eigenvalue weighted by atomic mass is 9.98. The first-order chi connectivity index (χ1) is 12.3. The van der Waals surface area contributed by atoms with E-state index in [1.165, 1.54) is 29.2 Å². The predicted octanol–water partition coefficient (Wildman–Crippen LogP) is 1.16. The SMILES string of the molecule is C#CCNS(=O)(=O)c1cccc(C(=O)N2CCCC2(C)C(=O)OCC)c1. The van der Waals surface area contributed by atoms with E-state index in [1.54, 1.807) is 13.8 Å². The van der Waals surface area contributed by atoms with Gasteiger partial charge in [0.25, 0.3) is 5.91 Å². The van der Waals surface area contributed by atoms with Gasteiger partial charge in [-0.15, -0.1) is 6.42 Å². The number of nitrogens with one attached hydrogen (secondary N) is 1. The van der Waals surface area contributed by atoms with Crippen LogP contribution in [0.5, 0.6) is 0 Å². The van der Waals surface area contributed by atoms with Gasteiger partial charge in [0.2, 0.25) is 10.0 Å². The second-order valence-corrected chi connectivity index (χ2v) is 7.88. The lowest BCUT2D eigenvalue weighted by molar-refractivity contribution is -0.153. The molecule has 8 heteroatoms. The number of terminal acetylenes is 1. The van der Waals surface area contributed by atoms with E-state index in [0.717, 1.165) is 0 Å². The lowest BCUT2D eigenvalue weighted by Gasteiger charge is -2.33. The van der Waals surface area contributed by atoms with Crippen LogP contribution in [0.1, 0.15) is 37.0 Å². The van der Waals surface area contributed by atoms with Gasteiger partial charge in [0.05, 0.1) is 18.0 Å². The second kappa shape index (κ2) is 7.89. The van der Waals surface area contributed by atoms with Crippen molar-refractivity contribution in [3.8, 4) is 12.3 Å². The number of sulfonamides is 1. The summed E-state index contributed by atoms with van der Waals surface area (Å²) in [5.74, 6) is 1.33. The highest BCUT2D eigenvalue weighted by Crippen LogP contribution is 2.32. The first kappa shape index (κ1) is 19.9. The molecule has 0 radical (unpaired) electrons. The third-order valence-electron chi connectivity index (χ3n) is 4.36. The summed E-state index contributed by atoms with van der Waals surface area (Å²) < 4.78 is 31.8. The van der Waals surface area contributed by atoms with Gasteiger partial charge in [0.15, 0.2) is 0 Å². The van der Waals surface area contributed by atoms with Gasteiger partial charge in [-0.3, -0.25) is 4.79 Å². The fraction of sp³-hybridized carbons (Fsp3) is 0.444. The number of rotatable bonds is 6. The van der Waals surface area contributed by atoms with E-state index in [0.29, 0.717) is 19.4 Å². The number of likely N-dealkylation sites (tertiary alicyclic amines) is 1. The molecule has 1 fully saturated rings. The number of hydrogen-bond donors (Lipinski definition) is 1. The highest BCUT2D eigenvalue weighted by molar-refractivity contribution is 7.89. The second-order valence-electron chi connectivity index (χ2n) is 6.11. The van der Waals surface area contributed by atoms with Crippen molar-refractivity contribution in [2.45, 2.75) is 37.1 Å². The molecule has 1 aromatic rings. The summed E-state index contributed by atoms with van der Waals surface area (Å²) in [7, 11) is -3.81. The Morgan fingerprint density at radius 2 is 2.15 bits per heavy atom. The zero-order valence-electron chi connectivity index (χ0n) is 14.8. The molecule has 0 saturated carbocycles. The van der Waals surface area contributed by atoms with Gasteiger partial charge >= 0.3 is 5.97 Å². The monoisotopic (exact) mass is 378 g/mol. The molecule has 1 atom stereocenters. The molecule has 1 unspecified atom stereocenters. The molecular formula is C18H22N2O5S. The van der Waals surface area contributed by atoms with E-state index >= 15 is 0 Å². The van der Waals surface area contributed by atoms with Gasteiger partial charge in [-0.1, -0.05) is 12.0 Å². The molecule has 1 aliphatic rings. The number of nitrogens with zero attached hydrogens (tertiary/aromatic N) is 1. The Hall–Kier alpha value is -2.37. The molecule has 0 aromatic heterocycles. The fourth-order valence-corrected chi connectivity index (χ4v) is 3.94. The molecule has 2 rings (SSSR count). The van der Waals surface area contributed by atoms with Gasteiger partial charge < -0.3 is 9.64 Å². The molecule has 0 aliphatic carbocycles. The normalized spacial score (nSPS) is 19.8. The van der Waals surface area contributed by atoms with Crippen molar-refractivity contribution in [2.75, 3.05) is 19.7 Å². The Bertz CT molecular complexity index is 843. The molecule has 1 heterocycles. The van der Waals surface area contributed by atoms with E-state index < -0.39 is 27.4 Å². The summed E-state index contributed by atoms with van der Waals surface area (Å²) in [6.45, 7) is 3.87. The zero-order valence-corrected chi connectivity index (χ0v) is 15.6. The van der Waals surface area contributed by atoms with E-state index in [1.807, 2.05) is 0 Å². The molecule has 1 N–H and O–H groups in total.